The fourth-order valence-electron chi connectivity index (χ4n) is 6.90. The number of allylic oxidation sites excluding steroid dienone is 2. The lowest BCUT2D eigenvalue weighted by Crippen LogP contribution is -2.46. The number of hydrogen-bond acceptors (Lipinski definition) is 5. The molecule has 3 aliphatic rings. The summed E-state index contributed by atoms with van der Waals surface area (Å²) in [5.74, 6) is 1.01. The molecule has 1 aliphatic heterocycles. The van der Waals surface area contributed by atoms with E-state index in [4.69, 9.17) is 4.74 Å². The standard InChI is InChI=1S/C35H52N2O3/c1-27-17-18-30(25-33-29(3)34(38)26-32(27)33)28(2)35(39)40-24-14-9-7-5-4-6-8-13-19-36-20-22-37(23-21-36)31-15-11-10-12-16-31/h10-12,15-16,27,30,32H,2,4-9,13-14,17-26H2,1,3H3/t27-,30?,32-/m1/s1. The van der Waals surface area contributed by atoms with E-state index in [1.165, 1.54) is 69.4 Å². The minimum Gasteiger partial charge on any atom is -0.462 e. The van der Waals surface area contributed by atoms with Crippen molar-refractivity contribution in [2.45, 2.75) is 90.9 Å². The van der Waals surface area contributed by atoms with Crippen LogP contribution >= 0.6 is 0 Å². The van der Waals surface area contributed by atoms with E-state index in [2.05, 4.69) is 53.6 Å². The number of benzene rings is 1. The molecule has 5 heteroatoms. The number of fused-ring (bicyclic) bond motifs is 1. The minimum absolute atomic E-state index is 0.106. The van der Waals surface area contributed by atoms with E-state index in [0.717, 1.165) is 50.8 Å². The molecule has 4 rings (SSSR count). The maximum atomic E-state index is 12.7. The highest BCUT2D eigenvalue weighted by molar-refractivity contribution is 5.98. The van der Waals surface area contributed by atoms with E-state index in [0.29, 0.717) is 30.4 Å². The zero-order chi connectivity index (χ0) is 28.3. The fraction of sp³-hybridized carbons (Fsp3) is 0.657. The van der Waals surface area contributed by atoms with Crippen LogP contribution in [0.25, 0.3) is 0 Å². The molecule has 1 saturated heterocycles. The summed E-state index contributed by atoms with van der Waals surface area (Å²) in [6.07, 6.45) is 13.2. The van der Waals surface area contributed by atoms with Crippen molar-refractivity contribution in [3.05, 3.63) is 53.6 Å². The summed E-state index contributed by atoms with van der Waals surface area (Å²) in [5.41, 5.74) is 4.16. The van der Waals surface area contributed by atoms with Gasteiger partial charge in [-0.25, -0.2) is 4.79 Å². The molecule has 220 valence electrons. The molecule has 0 spiro atoms. The smallest absolute Gasteiger partial charge is 0.333 e. The number of carbonyl (C=O) groups excluding carboxylic acids is 2. The summed E-state index contributed by atoms with van der Waals surface area (Å²) in [6.45, 7) is 14.7. The third-order valence-corrected chi connectivity index (χ3v) is 9.73. The van der Waals surface area contributed by atoms with E-state index >= 15 is 0 Å². The number of anilines is 1. The van der Waals surface area contributed by atoms with Gasteiger partial charge in [0.25, 0.3) is 0 Å². The van der Waals surface area contributed by atoms with Crippen LogP contribution in [0.4, 0.5) is 5.69 Å². The topological polar surface area (TPSA) is 49.9 Å². The van der Waals surface area contributed by atoms with Crippen LogP contribution in [-0.2, 0) is 14.3 Å². The number of rotatable bonds is 14. The zero-order valence-electron chi connectivity index (χ0n) is 25.2. The van der Waals surface area contributed by atoms with Crippen molar-refractivity contribution in [2.24, 2.45) is 17.8 Å². The molecule has 0 bridgehead atoms. The predicted molar refractivity (Wildman–Crippen MR) is 164 cm³/mol. The van der Waals surface area contributed by atoms with Crippen LogP contribution in [0.5, 0.6) is 0 Å². The Morgan fingerprint density at radius 2 is 1.55 bits per heavy atom. The molecular formula is C35H52N2O3. The molecule has 2 fully saturated rings. The molecule has 0 aromatic heterocycles. The lowest BCUT2D eigenvalue weighted by Gasteiger charge is -2.36. The monoisotopic (exact) mass is 548 g/mol. The quantitative estimate of drug-likeness (QED) is 0.138. The molecule has 1 heterocycles. The van der Waals surface area contributed by atoms with Gasteiger partial charge in [0.05, 0.1) is 6.61 Å². The number of carbonyl (C=O) groups is 2. The van der Waals surface area contributed by atoms with Gasteiger partial charge in [0.2, 0.25) is 0 Å². The van der Waals surface area contributed by atoms with Gasteiger partial charge in [0.1, 0.15) is 0 Å². The second-order valence-corrected chi connectivity index (χ2v) is 12.5. The average Bonchev–Trinajstić information content (AvgIpc) is 3.15. The van der Waals surface area contributed by atoms with Crippen molar-refractivity contribution in [3.63, 3.8) is 0 Å². The second kappa shape index (κ2) is 15.6. The van der Waals surface area contributed by atoms with Crippen LogP contribution in [-0.4, -0.2) is 56.0 Å². The van der Waals surface area contributed by atoms with Crippen molar-refractivity contribution in [3.8, 4) is 0 Å². The molecule has 2 aliphatic carbocycles. The number of piperazine rings is 1. The number of ketones is 1. The van der Waals surface area contributed by atoms with E-state index in [9.17, 15) is 9.59 Å². The Bertz CT molecular complexity index is 1010. The maximum Gasteiger partial charge on any atom is 0.333 e. The van der Waals surface area contributed by atoms with E-state index in [-0.39, 0.29) is 17.7 Å². The van der Waals surface area contributed by atoms with Crippen LogP contribution in [0, 0.1) is 17.8 Å². The molecule has 1 saturated carbocycles. The number of hydrogen-bond donors (Lipinski definition) is 0. The molecule has 40 heavy (non-hydrogen) atoms. The van der Waals surface area contributed by atoms with Gasteiger partial charge >= 0.3 is 5.97 Å². The van der Waals surface area contributed by atoms with Gasteiger partial charge in [-0.3, -0.25) is 9.69 Å². The summed E-state index contributed by atoms with van der Waals surface area (Å²) < 4.78 is 5.60. The lowest BCUT2D eigenvalue weighted by atomic mass is 9.86. The Morgan fingerprint density at radius 3 is 2.25 bits per heavy atom. The Balaban J connectivity index is 0.987. The Labute approximate surface area is 243 Å². The number of unbranched alkanes of at least 4 members (excludes halogenated alkanes) is 7. The summed E-state index contributed by atoms with van der Waals surface area (Å²) in [5, 5.41) is 0. The third-order valence-electron chi connectivity index (χ3n) is 9.73. The number of para-hydroxylation sites is 1. The number of ether oxygens (including phenoxy) is 1. The summed E-state index contributed by atoms with van der Waals surface area (Å²) in [6, 6.07) is 10.8. The highest BCUT2D eigenvalue weighted by atomic mass is 16.5. The molecule has 1 unspecified atom stereocenters. The molecule has 0 amide bonds. The summed E-state index contributed by atoms with van der Waals surface area (Å²) in [7, 11) is 0. The van der Waals surface area contributed by atoms with Gasteiger partial charge in [-0.15, -0.1) is 0 Å². The van der Waals surface area contributed by atoms with Gasteiger partial charge in [-0.2, -0.15) is 0 Å². The molecule has 1 aromatic rings. The fourth-order valence-corrected chi connectivity index (χ4v) is 6.90. The number of nitrogens with zero attached hydrogens (tertiary/aromatic N) is 2. The van der Waals surface area contributed by atoms with Crippen LogP contribution < -0.4 is 4.90 Å². The van der Waals surface area contributed by atoms with Crippen LogP contribution in [0.2, 0.25) is 0 Å². The largest absolute Gasteiger partial charge is 0.462 e. The average molecular weight is 549 g/mol. The molecule has 0 N–H and O–H groups in total. The zero-order valence-corrected chi connectivity index (χ0v) is 25.2. The summed E-state index contributed by atoms with van der Waals surface area (Å²) >= 11 is 0. The van der Waals surface area contributed by atoms with Gasteiger partial charge in [-0.1, -0.05) is 75.8 Å². The SMILES string of the molecule is C=C(C(=O)OCCCCCCCCCCN1CCN(c2ccccc2)CC1)C1CC[C@@H](C)[C@H]2CC(=O)C(C)=C2C1. The van der Waals surface area contributed by atoms with Crippen LogP contribution in [0.1, 0.15) is 90.9 Å². The Hall–Kier alpha value is -2.40. The van der Waals surface area contributed by atoms with Gasteiger partial charge in [0, 0.05) is 43.9 Å². The number of Topliss-reactive ketones (excluding diaryl/α,β-unsaturated/α-hetero) is 1. The molecule has 3 atom stereocenters. The van der Waals surface area contributed by atoms with E-state index in [1.807, 2.05) is 6.92 Å². The first-order valence-electron chi connectivity index (χ1n) is 16.0. The second-order valence-electron chi connectivity index (χ2n) is 12.5. The predicted octanol–water partition coefficient (Wildman–Crippen LogP) is 7.37. The molecule has 0 radical (unpaired) electrons. The highest BCUT2D eigenvalue weighted by Crippen LogP contribution is 2.45. The molecule has 5 nitrogen and oxygen atoms in total. The third kappa shape index (κ3) is 8.55. The molecular weight excluding hydrogens is 496 g/mol. The highest BCUT2D eigenvalue weighted by Gasteiger charge is 2.38. The van der Waals surface area contributed by atoms with Crippen LogP contribution in [0.3, 0.4) is 0 Å². The first-order chi connectivity index (χ1) is 19.4. The Kier molecular flexibility index (Phi) is 11.9. The maximum absolute atomic E-state index is 12.7. The summed E-state index contributed by atoms with van der Waals surface area (Å²) in [4.78, 5) is 30.1. The van der Waals surface area contributed by atoms with Crippen molar-refractivity contribution >= 4 is 17.4 Å². The van der Waals surface area contributed by atoms with Gasteiger partial charge in [-0.05, 0) is 81.0 Å². The van der Waals surface area contributed by atoms with Crippen molar-refractivity contribution in [1.29, 1.82) is 0 Å². The number of esters is 1. The first kappa shape index (κ1) is 30.6. The van der Waals surface area contributed by atoms with Crippen molar-refractivity contribution in [2.75, 3.05) is 44.2 Å². The molecule has 1 aromatic carbocycles. The van der Waals surface area contributed by atoms with E-state index in [1.54, 1.807) is 0 Å². The Morgan fingerprint density at radius 1 is 0.900 bits per heavy atom. The van der Waals surface area contributed by atoms with Crippen molar-refractivity contribution < 1.29 is 14.3 Å². The minimum atomic E-state index is -0.236. The van der Waals surface area contributed by atoms with Gasteiger partial charge in [0.15, 0.2) is 5.78 Å². The van der Waals surface area contributed by atoms with Gasteiger partial charge < -0.3 is 9.64 Å². The van der Waals surface area contributed by atoms with E-state index < -0.39 is 0 Å². The first-order valence-corrected chi connectivity index (χ1v) is 16.0. The lowest BCUT2D eigenvalue weighted by molar-refractivity contribution is -0.139. The van der Waals surface area contributed by atoms with Crippen LogP contribution in [0.15, 0.2) is 53.6 Å². The normalized spacial score (nSPS) is 23.7. The van der Waals surface area contributed by atoms with Crippen molar-refractivity contribution in [1.82, 2.24) is 4.90 Å².